The molecule has 20 aromatic rings. The van der Waals surface area contributed by atoms with Crippen LogP contribution in [0.15, 0.2) is 261 Å². The molecule has 0 N–H and O–H groups in total. The van der Waals surface area contributed by atoms with Gasteiger partial charge in [-0.25, -0.2) is 33.2 Å². The Morgan fingerprint density at radius 2 is 0.730 bits per heavy atom. The standard InChI is InChI=1S/C30H29N2O.3C28H25N2O/c1-6-30(7-2)24-11-9-8-10-20(24)22-17-23-21-13-12-19(4)26(25-16-18(3)14-15-32(25)5)27(21)33-29(23)31-28(22)30;1-16-10-12-30(5)23(13-16)25-17(2)8-9-18-21-14-20-19-7-6-11-29-27(19)28(3,4)22(20)15-24(21)31-26(18)25;1-16-12-13-30(5)23(14-16)24-17(2)10-11-18-20-15-22-25(29-27(20)31-26(18)24)19-8-6-7-9-21(19)28(22,3)4;1-16-12-13-30(5)23(14-16)24-17(2)10-11-19-21-15-20-18-8-6-7-9-22(18)28(3,4)26(20)29-27(21)31-25(19)24/h8-17H,6-7H2,1-5H3;3*6-15H,1-5H3/q4*+1/i1D3,2D3,3D3,6D2;3*1D3,3D3,4D3. The number of benzene rings is 8. The number of rotatable bonds is 6. The van der Waals surface area contributed by atoms with Crippen LogP contribution in [0.2, 0.25) is 0 Å². The Bertz CT molecular complexity index is 9280. The highest BCUT2D eigenvalue weighted by Crippen LogP contribution is 2.57. The second kappa shape index (κ2) is 28.9. The summed E-state index contributed by atoms with van der Waals surface area (Å²) in [6.07, 6.45) is 4.33. The molecular weight excluding hydrogens is 1550 g/mol. The first-order valence-corrected chi connectivity index (χ1v) is 40.9. The Morgan fingerprint density at radius 3 is 1.21 bits per heavy atom. The smallest absolute Gasteiger partial charge is 0.227 e. The van der Waals surface area contributed by atoms with Gasteiger partial charge in [0.15, 0.2) is 41.5 Å². The van der Waals surface area contributed by atoms with Crippen LogP contribution >= 0.6 is 0 Å². The fourth-order valence-electron chi connectivity index (χ4n) is 19.1. The lowest BCUT2D eigenvalue weighted by atomic mass is 9.76. The van der Waals surface area contributed by atoms with E-state index in [1.54, 1.807) is 188 Å². The number of furan rings is 4. The minimum absolute atomic E-state index is 0.00395. The molecule has 24 rings (SSSR count). The lowest BCUT2D eigenvalue weighted by molar-refractivity contribution is -0.660. The normalized spacial score (nSPS) is 20.7. The quantitative estimate of drug-likeness (QED) is 0.151. The first kappa shape index (κ1) is 47.9. The summed E-state index contributed by atoms with van der Waals surface area (Å²) in [4.78, 5) is 18.5. The maximum absolute atomic E-state index is 8.98. The number of aryl methyl sites for hydroxylation is 12. The van der Waals surface area contributed by atoms with Crippen molar-refractivity contribution in [2.75, 3.05) is 0 Å². The minimum Gasteiger partial charge on any atom is -0.455 e. The molecule has 0 aliphatic heterocycles. The van der Waals surface area contributed by atoms with Crippen LogP contribution in [0.5, 0.6) is 0 Å². The minimum atomic E-state index is -3.19. The third-order valence-corrected chi connectivity index (χ3v) is 25.5. The van der Waals surface area contributed by atoms with Crippen molar-refractivity contribution >= 4 is 88.1 Å². The van der Waals surface area contributed by atoms with Gasteiger partial charge in [-0.15, -0.1) is 0 Å². The second-order valence-corrected chi connectivity index (χ2v) is 33.2. The molecule has 12 aromatic heterocycles. The number of fused-ring (bicyclic) bond motifs is 24. The van der Waals surface area contributed by atoms with Crippen LogP contribution < -0.4 is 18.3 Å². The molecule has 0 spiro atoms. The third-order valence-electron chi connectivity index (χ3n) is 25.5. The topological polar surface area (TPSA) is 120 Å². The van der Waals surface area contributed by atoms with E-state index in [9.17, 15) is 0 Å². The highest BCUT2D eigenvalue weighted by atomic mass is 16.4. The monoisotopic (exact) mass is 1690 g/mol. The fraction of sp³-hybridized carbons (Fsp3) is 0.228. The van der Waals surface area contributed by atoms with Crippen molar-refractivity contribution < 1.29 is 88.0 Å². The molecule has 8 aromatic carbocycles. The predicted octanol–water partition coefficient (Wildman–Crippen LogP) is 26.4. The maximum Gasteiger partial charge on any atom is 0.227 e. The van der Waals surface area contributed by atoms with Crippen LogP contribution in [-0.4, -0.2) is 19.9 Å². The maximum atomic E-state index is 8.98. The summed E-state index contributed by atoms with van der Waals surface area (Å²) in [5.41, 5.74) is 7.07. The lowest BCUT2D eigenvalue weighted by Gasteiger charge is -2.28. The molecule has 4 aliphatic carbocycles. The van der Waals surface area contributed by atoms with Gasteiger partial charge < -0.3 is 17.7 Å². The zero-order valence-electron chi connectivity index (χ0n) is 108. The van der Waals surface area contributed by atoms with Gasteiger partial charge in [-0.05, 0) is 193 Å². The lowest BCUT2D eigenvalue weighted by Crippen LogP contribution is -2.30. The Morgan fingerprint density at radius 1 is 0.325 bits per heavy atom. The van der Waals surface area contributed by atoms with Gasteiger partial charge in [0.1, 0.15) is 39.4 Å². The molecule has 4 aliphatic rings. The van der Waals surface area contributed by atoms with Gasteiger partial charge in [-0.3, -0.25) is 4.98 Å². The van der Waals surface area contributed by atoms with Crippen LogP contribution in [0.3, 0.4) is 0 Å². The van der Waals surface area contributed by atoms with Gasteiger partial charge in [0, 0.05) is 194 Å². The molecule has 620 valence electrons. The second-order valence-electron chi connectivity index (χ2n) is 33.2. The van der Waals surface area contributed by atoms with E-state index >= 15 is 0 Å². The van der Waals surface area contributed by atoms with Crippen molar-refractivity contribution in [2.45, 2.75) is 144 Å². The van der Waals surface area contributed by atoms with E-state index < -0.39 is 117 Å². The molecule has 1 unspecified atom stereocenters. The predicted molar refractivity (Wildman–Crippen MR) is 510 cm³/mol. The fourth-order valence-corrected chi connectivity index (χ4v) is 19.1. The SMILES string of the molecule is [2H]C([2H])([2H])CC1(C([2H])([2H])C([2H])([2H])[2H])c2ccccc2-c2cc3c(nc21)oc1c(-c2cc(C([2H])([2H])[2H])cc[n+]2C)c(C)ccc13.[2H]C([2H])([2H])c1cc[n+](C)c(-c2c(C)ccc3c2oc2cc4c(cc23)-c2cccnc2C4(C([2H])([2H])[2H])C([2H])([2H])[2H])c1.[2H]C([2H])([2H])c1cc[n+](C)c(-c2c(C)ccc3c2oc2nc4c(cc23)-c2ccccc2C4(C([2H])([2H])[2H])C([2H])([2H])[2H])c1.[2H]C([2H])([2H])c1cc[n+](C)c(-c2c(C)ccc3c2oc2nc4c(cc23)C(C([2H])([2H])[2H])(C([2H])([2H])[2H])c2ccccc2-4)c1. The third kappa shape index (κ3) is 11.9. The van der Waals surface area contributed by atoms with Crippen LogP contribution in [0.25, 0.3) is 178 Å². The molecule has 12 heterocycles. The van der Waals surface area contributed by atoms with Gasteiger partial charge >= 0.3 is 0 Å². The van der Waals surface area contributed by atoms with Crippen molar-refractivity contribution in [3.05, 3.63) is 333 Å². The average molecular weight is 1690 g/mol. The van der Waals surface area contributed by atoms with Crippen LogP contribution in [0.1, 0.15) is 209 Å². The molecule has 0 saturated heterocycles. The van der Waals surface area contributed by atoms with Crippen LogP contribution in [-0.2, 0) is 49.9 Å². The molecule has 0 fully saturated rings. The van der Waals surface area contributed by atoms with Crippen molar-refractivity contribution in [3.8, 4) is 89.7 Å². The molecule has 0 saturated carbocycles. The summed E-state index contributed by atoms with van der Waals surface area (Å²) in [5.74, 6) is 0. The van der Waals surface area contributed by atoms with Crippen molar-refractivity contribution in [1.29, 1.82) is 0 Å². The highest BCUT2D eigenvalue weighted by molar-refractivity contribution is 6.15. The molecular formula is C114H104N8O4+4. The molecule has 0 radical (unpaired) electrons. The van der Waals surface area contributed by atoms with Gasteiger partial charge in [-0.2, -0.15) is 0 Å². The molecule has 0 bridgehead atoms. The summed E-state index contributed by atoms with van der Waals surface area (Å²) in [7, 11) is 7.23. The Labute approximate surface area is 788 Å². The first-order valence-electron chi connectivity index (χ1n) is 59.9. The van der Waals surface area contributed by atoms with E-state index in [0.717, 1.165) is 27.6 Å². The highest BCUT2D eigenvalue weighted by Gasteiger charge is 2.45. The first-order chi connectivity index (χ1) is 76.0. The van der Waals surface area contributed by atoms with Crippen LogP contribution in [0, 0.1) is 55.1 Å². The zero-order valence-corrected chi connectivity index (χ0v) is 69.5. The molecule has 12 heteroatoms. The summed E-state index contributed by atoms with van der Waals surface area (Å²) in [6.45, 7) is -25.1. The largest absolute Gasteiger partial charge is 0.455 e. The van der Waals surface area contributed by atoms with Gasteiger partial charge in [0.2, 0.25) is 39.9 Å². The van der Waals surface area contributed by atoms with E-state index in [2.05, 4.69) is 9.97 Å². The molecule has 1 atom stereocenters. The Balaban J connectivity index is 0.000000125. The van der Waals surface area contributed by atoms with E-state index in [1.807, 2.05) is 111 Å². The Hall–Kier alpha value is -13.8. The number of aromatic nitrogens is 8. The number of pyridine rings is 8. The van der Waals surface area contributed by atoms with Crippen LogP contribution in [0.4, 0.5) is 0 Å². The van der Waals surface area contributed by atoms with Crippen molar-refractivity contribution in [1.82, 2.24) is 19.9 Å². The number of hydrogen-bond donors (Lipinski definition) is 0. The van der Waals surface area contributed by atoms with E-state index in [1.165, 1.54) is 18.3 Å². The molecule has 126 heavy (non-hydrogen) atoms. The number of hydrogen-bond acceptors (Lipinski definition) is 8. The van der Waals surface area contributed by atoms with Crippen molar-refractivity contribution in [3.63, 3.8) is 0 Å². The van der Waals surface area contributed by atoms with Gasteiger partial charge in [-0.1, -0.05) is 182 Å². The summed E-state index contributed by atoms with van der Waals surface area (Å²) in [6, 6.07) is 59.4. The molecule has 12 nitrogen and oxygen atoms in total. The van der Waals surface area contributed by atoms with Gasteiger partial charge in [0.05, 0.1) is 45.0 Å². The number of nitrogens with zero attached hydrogens (tertiary/aromatic N) is 8. The summed E-state index contributed by atoms with van der Waals surface area (Å²) < 4.78 is 346. The molecule has 0 amide bonds. The summed E-state index contributed by atoms with van der Waals surface area (Å²) >= 11 is 0. The van der Waals surface area contributed by atoms with E-state index in [0.29, 0.717) is 150 Å². The average Bonchev–Trinajstić information content (AvgIpc) is 1.52. The van der Waals surface area contributed by atoms with E-state index in [-0.39, 0.29) is 90.0 Å². The summed E-state index contributed by atoms with van der Waals surface area (Å²) in [5, 5.41) is 5.06. The Kier molecular flexibility index (Phi) is 11.0. The van der Waals surface area contributed by atoms with Gasteiger partial charge in [0.25, 0.3) is 0 Å². The van der Waals surface area contributed by atoms with E-state index in [4.69, 9.17) is 79.7 Å². The zero-order chi connectivity index (χ0) is 119. The van der Waals surface area contributed by atoms with Crippen molar-refractivity contribution in [2.24, 2.45) is 28.2 Å².